The molecule has 0 aromatic heterocycles. The van der Waals surface area contributed by atoms with Gasteiger partial charge in [0.1, 0.15) is 23.7 Å². The van der Waals surface area contributed by atoms with E-state index in [9.17, 15) is 23.2 Å². The number of hydrogen-bond acceptors (Lipinski definition) is 4. The summed E-state index contributed by atoms with van der Waals surface area (Å²) < 4.78 is 51.5. The van der Waals surface area contributed by atoms with Crippen molar-refractivity contribution in [2.75, 3.05) is 20.2 Å². The molecule has 1 heterocycles. The molecule has 31 heavy (non-hydrogen) atoms. The van der Waals surface area contributed by atoms with Crippen LogP contribution in [-0.2, 0) is 0 Å². The van der Waals surface area contributed by atoms with E-state index in [1.807, 2.05) is 6.07 Å². The number of benzene rings is 2. The summed E-state index contributed by atoms with van der Waals surface area (Å²) in [4.78, 5) is 14.8. The zero-order valence-corrected chi connectivity index (χ0v) is 17.0. The van der Waals surface area contributed by atoms with E-state index in [-0.39, 0.29) is 36.2 Å². The first-order valence-electron chi connectivity index (χ1n) is 10.1. The van der Waals surface area contributed by atoms with Gasteiger partial charge in [-0.25, -0.2) is 13.2 Å². The molecule has 1 aliphatic heterocycles. The number of methoxy groups -OCH3 is 1. The molecule has 0 atom stereocenters. The zero-order valence-electron chi connectivity index (χ0n) is 17.0. The predicted octanol–water partition coefficient (Wildman–Crippen LogP) is 4.55. The van der Waals surface area contributed by atoms with Crippen molar-refractivity contribution in [1.29, 1.82) is 5.26 Å². The van der Waals surface area contributed by atoms with Crippen LogP contribution in [0.3, 0.4) is 0 Å². The van der Waals surface area contributed by atoms with Crippen LogP contribution in [0.15, 0.2) is 24.3 Å². The second kappa shape index (κ2) is 8.50. The molecule has 0 radical (unpaired) electrons. The predicted molar refractivity (Wildman–Crippen MR) is 106 cm³/mol. The van der Waals surface area contributed by atoms with E-state index < -0.39 is 29.3 Å². The molecular formula is C23H21F3N2O3. The molecule has 1 aliphatic carbocycles. The van der Waals surface area contributed by atoms with Crippen molar-refractivity contribution in [3.63, 3.8) is 0 Å². The van der Waals surface area contributed by atoms with Gasteiger partial charge < -0.3 is 14.4 Å². The number of hydrogen-bond donors (Lipinski definition) is 0. The Bertz CT molecular complexity index is 1030. The molecule has 1 saturated carbocycles. The Morgan fingerprint density at radius 1 is 1.10 bits per heavy atom. The van der Waals surface area contributed by atoms with Crippen LogP contribution in [0.2, 0.25) is 0 Å². The summed E-state index contributed by atoms with van der Waals surface area (Å²) in [7, 11) is 1.42. The summed E-state index contributed by atoms with van der Waals surface area (Å²) in [6.45, 7) is 0.220. The van der Waals surface area contributed by atoms with Crippen molar-refractivity contribution in [2.45, 2.75) is 37.7 Å². The van der Waals surface area contributed by atoms with Crippen molar-refractivity contribution in [2.24, 2.45) is 0 Å². The Hall–Kier alpha value is -3.21. The Morgan fingerprint density at radius 2 is 1.74 bits per heavy atom. The lowest BCUT2D eigenvalue weighted by Gasteiger charge is -2.39. The number of likely N-dealkylation sites (tertiary alicyclic amines) is 1. The molecule has 2 fully saturated rings. The Morgan fingerprint density at radius 3 is 2.32 bits per heavy atom. The molecular weight excluding hydrogens is 409 g/mol. The number of halogens is 3. The SMILES string of the molecule is COc1c(C#N)ccc(C2CCCC2)c1C(=O)N1CC(Oc2c(F)cc(F)cc2F)C1. The maximum atomic E-state index is 13.8. The van der Waals surface area contributed by atoms with E-state index in [0.717, 1.165) is 31.2 Å². The third kappa shape index (κ3) is 3.92. The fraction of sp³-hybridized carbons (Fsp3) is 0.391. The second-order valence-electron chi connectivity index (χ2n) is 7.85. The molecule has 5 nitrogen and oxygen atoms in total. The highest BCUT2D eigenvalue weighted by Crippen LogP contribution is 2.40. The van der Waals surface area contributed by atoms with Crippen molar-refractivity contribution in [1.82, 2.24) is 4.90 Å². The van der Waals surface area contributed by atoms with Crippen LogP contribution in [-0.4, -0.2) is 37.1 Å². The van der Waals surface area contributed by atoms with Crippen LogP contribution in [0.5, 0.6) is 11.5 Å². The van der Waals surface area contributed by atoms with Crippen molar-refractivity contribution < 1.29 is 27.4 Å². The lowest BCUT2D eigenvalue weighted by atomic mass is 9.89. The number of nitriles is 1. The van der Waals surface area contributed by atoms with Gasteiger partial charge in [-0.3, -0.25) is 4.79 Å². The van der Waals surface area contributed by atoms with Crippen molar-refractivity contribution in [3.8, 4) is 17.6 Å². The summed E-state index contributed by atoms with van der Waals surface area (Å²) in [5, 5.41) is 9.43. The molecule has 0 N–H and O–H groups in total. The number of ether oxygens (including phenoxy) is 2. The number of amides is 1. The fourth-order valence-corrected chi connectivity index (χ4v) is 4.34. The fourth-order valence-electron chi connectivity index (χ4n) is 4.34. The van der Waals surface area contributed by atoms with Crippen molar-refractivity contribution >= 4 is 5.91 Å². The van der Waals surface area contributed by atoms with Crippen LogP contribution in [0.1, 0.15) is 53.1 Å². The first-order valence-corrected chi connectivity index (χ1v) is 10.1. The van der Waals surface area contributed by atoms with E-state index in [1.54, 1.807) is 6.07 Å². The number of carbonyl (C=O) groups is 1. The smallest absolute Gasteiger partial charge is 0.258 e. The maximum absolute atomic E-state index is 13.8. The molecule has 162 valence electrons. The highest BCUT2D eigenvalue weighted by atomic mass is 19.1. The molecule has 2 aliphatic rings. The maximum Gasteiger partial charge on any atom is 0.258 e. The molecule has 2 aromatic rings. The minimum Gasteiger partial charge on any atom is -0.495 e. The zero-order chi connectivity index (χ0) is 22.1. The lowest BCUT2D eigenvalue weighted by molar-refractivity contribution is 0.0144. The minimum absolute atomic E-state index is 0.110. The van der Waals surface area contributed by atoms with Gasteiger partial charge in [0.25, 0.3) is 5.91 Å². The number of carbonyl (C=O) groups excluding carboxylic acids is 1. The highest BCUT2D eigenvalue weighted by molar-refractivity contribution is 6.00. The average Bonchev–Trinajstić information content (AvgIpc) is 3.24. The van der Waals surface area contributed by atoms with Crippen molar-refractivity contribution in [3.05, 3.63) is 58.4 Å². The monoisotopic (exact) mass is 430 g/mol. The molecule has 1 amide bonds. The second-order valence-corrected chi connectivity index (χ2v) is 7.85. The van der Waals surface area contributed by atoms with Crippen LogP contribution in [0, 0.1) is 28.8 Å². The number of nitrogens with zero attached hydrogens (tertiary/aromatic N) is 2. The first-order chi connectivity index (χ1) is 14.9. The molecule has 8 heteroatoms. The topological polar surface area (TPSA) is 62.6 Å². The summed E-state index contributed by atoms with van der Waals surface area (Å²) in [5.41, 5.74) is 1.50. The Labute approximate surface area is 178 Å². The van der Waals surface area contributed by atoms with Crippen LogP contribution < -0.4 is 9.47 Å². The lowest BCUT2D eigenvalue weighted by Crippen LogP contribution is -2.56. The quantitative estimate of drug-likeness (QED) is 0.699. The third-order valence-electron chi connectivity index (χ3n) is 5.91. The van der Waals surface area contributed by atoms with E-state index in [0.29, 0.717) is 17.7 Å². The van der Waals surface area contributed by atoms with Gasteiger partial charge in [0.15, 0.2) is 17.4 Å². The minimum atomic E-state index is -1.13. The van der Waals surface area contributed by atoms with E-state index in [1.165, 1.54) is 12.0 Å². The Balaban J connectivity index is 1.55. The summed E-state index contributed by atoms with van der Waals surface area (Å²) in [6, 6.07) is 6.65. The largest absolute Gasteiger partial charge is 0.495 e. The first kappa shape index (κ1) is 21.0. The summed E-state index contributed by atoms with van der Waals surface area (Å²) in [6.07, 6.45) is 3.46. The standard InChI is InChI=1S/C23H21F3N2O3/c1-30-21-14(10-27)6-7-17(13-4-2-3-5-13)20(21)23(29)28-11-16(12-28)31-22-18(25)8-15(24)9-19(22)26/h6-9,13,16H,2-5,11-12H2,1H3. The van der Waals surface area contributed by atoms with Gasteiger partial charge in [0.2, 0.25) is 0 Å². The van der Waals surface area contributed by atoms with E-state index >= 15 is 0 Å². The highest BCUT2D eigenvalue weighted by Gasteiger charge is 2.37. The van der Waals surface area contributed by atoms with Crippen LogP contribution in [0.4, 0.5) is 13.2 Å². The Kier molecular flexibility index (Phi) is 5.77. The van der Waals surface area contributed by atoms with Gasteiger partial charge in [-0.1, -0.05) is 18.9 Å². The van der Waals surface area contributed by atoms with Gasteiger partial charge >= 0.3 is 0 Å². The van der Waals surface area contributed by atoms with Gasteiger partial charge in [-0.2, -0.15) is 5.26 Å². The van der Waals surface area contributed by atoms with Crippen LogP contribution in [0.25, 0.3) is 0 Å². The molecule has 0 unspecified atom stereocenters. The third-order valence-corrected chi connectivity index (χ3v) is 5.91. The summed E-state index contributed by atoms with van der Waals surface area (Å²) in [5.74, 6) is -3.79. The molecule has 2 aromatic carbocycles. The summed E-state index contributed by atoms with van der Waals surface area (Å²) >= 11 is 0. The normalized spacial score (nSPS) is 16.7. The molecule has 0 bridgehead atoms. The van der Waals surface area contributed by atoms with Crippen LogP contribution >= 0.6 is 0 Å². The molecule has 1 saturated heterocycles. The molecule has 4 rings (SSSR count). The number of rotatable bonds is 5. The van der Waals surface area contributed by atoms with Gasteiger partial charge in [0, 0.05) is 12.1 Å². The van der Waals surface area contributed by atoms with E-state index in [4.69, 9.17) is 9.47 Å². The van der Waals surface area contributed by atoms with Gasteiger partial charge in [-0.05, 0) is 30.4 Å². The average molecular weight is 430 g/mol. The molecule has 0 spiro atoms. The van der Waals surface area contributed by atoms with Gasteiger partial charge in [0.05, 0.1) is 31.3 Å². The van der Waals surface area contributed by atoms with E-state index in [2.05, 4.69) is 6.07 Å². The van der Waals surface area contributed by atoms with Gasteiger partial charge in [-0.15, -0.1) is 0 Å².